The zero-order valence-electron chi connectivity index (χ0n) is 12.7. The third-order valence-corrected chi connectivity index (χ3v) is 4.33. The largest absolute Gasteiger partial charge is 0.353 e. The van der Waals surface area contributed by atoms with Crippen LogP contribution in [0, 0.1) is 6.92 Å². The highest BCUT2D eigenvalue weighted by Gasteiger charge is 2.17. The van der Waals surface area contributed by atoms with Gasteiger partial charge in [-0.15, -0.1) is 0 Å². The average molecular weight is 314 g/mol. The number of nitrogens with one attached hydrogen (secondary N) is 1. The number of aryl methyl sites for hydroxylation is 2. The zero-order chi connectivity index (χ0) is 15.5. The van der Waals surface area contributed by atoms with Crippen LogP contribution in [0.3, 0.4) is 0 Å². The Morgan fingerprint density at radius 2 is 2.05 bits per heavy atom. The fraction of sp³-hybridized carbons (Fsp3) is 0.278. The van der Waals surface area contributed by atoms with E-state index < -0.39 is 0 Å². The smallest absolute Gasteiger partial charge is 0.0867 e. The third kappa shape index (κ3) is 2.74. The van der Waals surface area contributed by atoms with Crippen molar-refractivity contribution in [2.24, 2.45) is 5.73 Å². The number of aromatic amines is 1. The molecule has 0 saturated carbocycles. The lowest BCUT2D eigenvalue weighted by molar-refractivity contribution is 0.748. The van der Waals surface area contributed by atoms with Gasteiger partial charge in [0.15, 0.2) is 0 Å². The summed E-state index contributed by atoms with van der Waals surface area (Å²) >= 11 is 6.48. The van der Waals surface area contributed by atoms with Crippen LogP contribution in [0.15, 0.2) is 36.5 Å². The van der Waals surface area contributed by atoms with Crippen molar-refractivity contribution in [2.75, 3.05) is 6.54 Å². The molecule has 2 heterocycles. The number of aromatic nitrogens is 2. The number of hydrogen-bond acceptors (Lipinski definition) is 2. The van der Waals surface area contributed by atoms with Gasteiger partial charge in [0.1, 0.15) is 0 Å². The van der Waals surface area contributed by atoms with E-state index in [0.717, 1.165) is 46.6 Å². The van der Waals surface area contributed by atoms with E-state index in [1.54, 1.807) is 0 Å². The van der Waals surface area contributed by atoms with E-state index in [1.807, 2.05) is 36.5 Å². The molecule has 0 atom stereocenters. The summed E-state index contributed by atoms with van der Waals surface area (Å²) in [5.74, 6) is 0. The second-order valence-electron chi connectivity index (χ2n) is 5.55. The number of nitrogens with zero attached hydrogens (tertiary/aromatic N) is 1. The molecule has 0 aliphatic heterocycles. The summed E-state index contributed by atoms with van der Waals surface area (Å²) in [5, 5.41) is 1.92. The Morgan fingerprint density at radius 3 is 2.77 bits per heavy atom. The molecule has 2 aromatic heterocycles. The van der Waals surface area contributed by atoms with E-state index in [2.05, 4.69) is 16.9 Å². The Kier molecular flexibility index (Phi) is 4.46. The molecule has 0 fully saturated rings. The molecule has 0 aliphatic carbocycles. The van der Waals surface area contributed by atoms with Gasteiger partial charge >= 0.3 is 0 Å². The van der Waals surface area contributed by atoms with Crippen LogP contribution >= 0.6 is 11.6 Å². The number of H-pyrrole nitrogens is 1. The molecule has 0 amide bonds. The van der Waals surface area contributed by atoms with Crippen molar-refractivity contribution in [1.82, 2.24) is 9.97 Å². The van der Waals surface area contributed by atoms with E-state index in [-0.39, 0.29) is 0 Å². The first kappa shape index (κ1) is 15.1. The van der Waals surface area contributed by atoms with Gasteiger partial charge in [0.2, 0.25) is 0 Å². The minimum absolute atomic E-state index is 0.716. The van der Waals surface area contributed by atoms with Gasteiger partial charge in [-0.3, -0.25) is 4.98 Å². The highest BCUT2D eigenvalue weighted by Crippen LogP contribution is 2.36. The maximum atomic E-state index is 6.48. The van der Waals surface area contributed by atoms with Crippen molar-refractivity contribution in [1.29, 1.82) is 0 Å². The molecule has 114 valence electrons. The first-order valence-corrected chi connectivity index (χ1v) is 8.01. The second-order valence-corrected chi connectivity index (χ2v) is 5.96. The van der Waals surface area contributed by atoms with Crippen LogP contribution in [-0.4, -0.2) is 16.5 Å². The van der Waals surface area contributed by atoms with Crippen molar-refractivity contribution in [2.45, 2.75) is 26.2 Å². The number of pyridine rings is 1. The monoisotopic (exact) mass is 313 g/mol. The molecule has 22 heavy (non-hydrogen) atoms. The maximum absolute atomic E-state index is 6.48. The molecule has 0 unspecified atom stereocenters. The lowest BCUT2D eigenvalue weighted by Gasteiger charge is -2.05. The minimum atomic E-state index is 0.716. The Labute approximate surface area is 135 Å². The lowest BCUT2D eigenvalue weighted by Crippen LogP contribution is -1.99. The lowest BCUT2D eigenvalue weighted by atomic mass is 10.0. The normalized spacial score (nSPS) is 11.2. The Balaban J connectivity index is 2.19. The van der Waals surface area contributed by atoms with Gasteiger partial charge < -0.3 is 10.7 Å². The second kappa shape index (κ2) is 6.51. The number of nitrogens with two attached hydrogens (primary N) is 1. The minimum Gasteiger partial charge on any atom is -0.353 e. The summed E-state index contributed by atoms with van der Waals surface area (Å²) in [4.78, 5) is 8.03. The fourth-order valence-electron chi connectivity index (χ4n) is 2.89. The fourth-order valence-corrected chi connectivity index (χ4v) is 3.16. The summed E-state index contributed by atoms with van der Waals surface area (Å²) in [6, 6.07) is 9.99. The number of halogens is 1. The molecule has 4 heteroatoms. The SMILES string of the molecule is Cc1ccc(Cl)c2c(CCCCN)c(-c3ccccn3)[nH]c12. The third-order valence-electron chi connectivity index (χ3n) is 4.02. The van der Waals surface area contributed by atoms with Crippen LogP contribution in [0.2, 0.25) is 5.02 Å². The topological polar surface area (TPSA) is 54.7 Å². The van der Waals surface area contributed by atoms with Crippen LogP contribution in [0.1, 0.15) is 24.0 Å². The van der Waals surface area contributed by atoms with E-state index >= 15 is 0 Å². The molecule has 3 aromatic rings. The maximum Gasteiger partial charge on any atom is 0.0867 e. The summed E-state index contributed by atoms with van der Waals surface area (Å²) in [6.45, 7) is 2.81. The van der Waals surface area contributed by atoms with Crippen LogP contribution in [-0.2, 0) is 6.42 Å². The van der Waals surface area contributed by atoms with E-state index in [9.17, 15) is 0 Å². The average Bonchev–Trinajstić information content (AvgIpc) is 2.93. The summed E-state index contributed by atoms with van der Waals surface area (Å²) in [5.41, 5.74) is 11.2. The van der Waals surface area contributed by atoms with Gasteiger partial charge in [-0.2, -0.15) is 0 Å². The number of rotatable bonds is 5. The molecule has 0 spiro atoms. The highest BCUT2D eigenvalue weighted by molar-refractivity contribution is 6.36. The number of benzene rings is 1. The van der Waals surface area contributed by atoms with Crippen molar-refractivity contribution in [3.63, 3.8) is 0 Å². The van der Waals surface area contributed by atoms with E-state index in [0.29, 0.717) is 6.54 Å². The quantitative estimate of drug-likeness (QED) is 0.683. The molecule has 0 radical (unpaired) electrons. The molecular weight excluding hydrogens is 294 g/mol. The van der Waals surface area contributed by atoms with Crippen molar-refractivity contribution >= 4 is 22.5 Å². The number of unbranched alkanes of at least 4 members (excludes halogenated alkanes) is 1. The molecule has 0 aliphatic rings. The molecule has 3 rings (SSSR count). The van der Waals surface area contributed by atoms with Gasteiger partial charge in [-0.05, 0) is 62.1 Å². The Bertz CT molecular complexity index is 778. The molecule has 0 saturated heterocycles. The summed E-state index contributed by atoms with van der Waals surface area (Å²) < 4.78 is 0. The molecule has 1 aromatic carbocycles. The molecule has 3 nitrogen and oxygen atoms in total. The van der Waals surface area contributed by atoms with Crippen LogP contribution in [0.5, 0.6) is 0 Å². The summed E-state index contributed by atoms with van der Waals surface area (Å²) in [6.07, 6.45) is 4.83. The van der Waals surface area contributed by atoms with E-state index in [4.69, 9.17) is 17.3 Å². The first-order chi connectivity index (χ1) is 10.7. The van der Waals surface area contributed by atoms with Gasteiger partial charge in [0.25, 0.3) is 0 Å². The summed E-state index contributed by atoms with van der Waals surface area (Å²) in [7, 11) is 0. The number of hydrogen-bond donors (Lipinski definition) is 2. The van der Waals surface area contributed by atoms with Gasteiger partial charge in [-0.1, -0.05) is 23.7 Å². The van der Waals surface area contributed by atoms with Gasteiger partial charge in [0, 0.05) is 11.6 Å². The Hall–Kier alpha value is -1.84. The predicted molar refractivity (Wildman–Crippen MR) is 93.3 cm³/mol. The van der Waals surface area contributed by atoms with E-state index in [1.165, 1.54) is 11.1 Å². The molecule has 0 bridgehead atoms. The van der Waals surface area contributed by atoms with Crippen LogP contribution in [0.4, 0.5) is 0 Å². The first-order valence-electron chi connectivity index (χ1n) is 7.63. The zero-order valence-corrected chi connectivity index (χ0v) is 13.5. The van der Waals surface area contributed by atoms with Gasteiger partial charge in [-0.25, -0.2) is 0 Å². The number of fused-ring (bicyclic) bond motifs is 1. The molecular formula is C18H20ClN3. The van der Waals surface area contributed by atoms with Crippen LogP contribution < -0.4 is 5.73 Å². The predicted octanol–water partition coefficient (Wildman–Crippen LogP) is 4.47. The van der Waals surface area contributed by atoms with Gasteiger partial charge in [0.05, 0.1) is 21.9 Å². The van der Waals surface area contributed by atoms with Crippen molar-refractivity contribution < 1.29 is 0 Å². The Morgan fingerprint density at radius 1 is 1.18 bits per heavy atom. The standard InChI is InChI=1S/C18H20ClN3/c1-12-8-9-14(19)16-13(6-2-4-10-20)18(22-17(12)16)15-7-3-5-11-21-15/h3,5,7-9,11,22H,2,4,6,10,20H2,1H3. The van der Waals surface area contributed by atoms with Crippen molar-refractivity contribution in [3.05, 3.63) is 52.7 Å². The van der Waals surface area contributed by atoms with Crippen molar-refractivity contribution in [3.8, 4) is 11.4 Å². The van der Waals surface area contributed by atoms with Crippen LogP contribution in [0.25, 0.3) is 22.3 Å². The highest BCUT2D eigenvalue weighted by atomic mass is 35.5. The molecule has 3 N–H and O–H groups in total.